The summed E-state index contributed by atoms with van der Waals surface area (Å²) < 4.78 is 0. The van der Waals surface area contributed by atoms with Gasteiger partial charge in [-0.15, -0.1) is 0 Å². The molecule has 2 aliphatic rings. The number of hydrogen-bond acceptors (Lipinski definition) is 4. The first-order chi connectivity index (χ1) is 9.16. The molecule has 1 amide bonds. The number of nitrogens with two attached hydrogens (primary N) is 1. The first kappa shape index (κ1) is 12.3. The molecule has 0 spiro atoms. The number of carbonyl (C=O) groups is 1. The number of benzene rings is 1. The summed E-state index contributed by atoms with van der Waals surface area (Å²) in [4.78, 5) is 16.1. The van der Waals surface area contributed by atoms with Gasteiger partial charge in [-0.3, -0.25) is 4.79 Å². The lowest BCUT2D eigenvalue weighted by molar-refractivity contribution is -0.132. The highest BCUT2D eigenvalue weighted by molar-refractivity contribution is 5.82. The Morgan fingerprint density at radius 2 is 1.84 bits per heavy atom. The highest BCUT2D eigenvalue weighted by Crippen LogP contribution is 2.31. The van der Waals surface area contributed by atoms with Gasteiger partial charge in [-0.2, -0.15) is 0 Å². The monoisotopic (exact) mass is 261 g/mol. The normalized spacial score (nSPS) is 26.4. The molecule has 5 nitrogen and oxygen atoms in total. The maximum Gasteiger partial charge on any atom is 0.227 e. The molecular formula is C14H19N3O2. The van der Waals surface area contributed by atoms with Gasteiger partial charge < -0.3 is 20.6 Å². The minimum absolute atomic E-state index is 0.0525. The largest absolute Gasteiger partial charge is 0.506 e. The van der Waals surface area contributed by atoms with E-state index in [1.807, 2.05) is 23.1 Å². The van der Waals surface area contributed by atoms with E-state index >= 15 is 0 Å². The van der Waals surface area contributed by atoms with Crippen LogP contribution in [-0.4, -0.2) is 48.1 Å². The van der Waals surface area contributed by atoms with Crippen LogP contribution in [0.1, 0.15) is 6.42 Å². The number of phenolic OH excluding ortho intramolecular Hbond substituents is 1. The van der Waals surface area contributed by atoms with Crippen molar-refractivity contribution in [2.24, 2.45) is 11.7 Å². The van der Waals surface area contributed by atoms with Crippen LogP contribution in [-0.2, 0) is 4.79 Å². The number of piperazine rings is 1. The second kappa shape index (κ2) is 4.74. The van der Waals surface area contributed by atoms with Gasteiger partial charge in [-0.05, 0) is 18.6 Å². The Morgan fingerprint density at radius 3 is 2.42 bits per heavy atom. The molecule has 1 aromatic rings. The third-order valence-corrected chi connectivity index (χ3v) is 3.97. The zero-order valence-corrected chi connectivity index (χ0v) is 10.8. The molecule has 2 atom stereocenters. The summed E-state index contributed by atoms with van der Waals surface area (Å²) in [5.74, 6) is 0.549. The number of hydrogen-bond donors (Lipinski definition) is 2. The maximum atomic E-state index is 12.1. The molecule has 1 aliphatic heterocycles. The summed E-state index contributed by atoms with van der Waals surface area (Å²) in [6, 6.07) is 7.39. The van der Waals surface area contributed by atoms with Crippen LogP contribution in [0.2, 0.25) is 0 Å². The molecule has 102 valence electrons. The van der Waals surface area contributed by atoms with E-state index in [-0.39, 0.29) is 17.9 Å². The SMILES string of the molecule is NC1CC1C(=O)N1CCN(c2ccccc2O)CC1. The van der Waals surface area contributed by atoms with Crippen LogP contribution in [0.3, 0.4) is 0 Å². The fourth-order valence-electron chi connectivity index (χ4n) is 2.63. The summed E-state index contributed by atoms with van der Waals surface area (Å²) in [5, 5.41) is 9.83. The molecule has 0 aromatic heterocycles. The van der Waals surface area contributed by atoms with E-state index in [4.69, 9.17) is 5.73 Å². The maximum absolute atomic E-state index is 12.1. The van der Waals surface area contributed by atoms with Crippen LogP contribution in [0.5, 0.6) is 5.75 Å². The summed E-state index contributed by atoms with van der Waals surface area (Å²) in [6.07, 6.45) is 0.832. The van der Waals surface area contributed by atoms with E-state index in [1.54, 1.807) is 6.07 Å². The quantitative estimate of drug-likeness (QED) is 0.808. The second-order valence-corrected chi connectivity index (χ2v) is 5.31. The Morgan fingerprint density at radius 1 is 1.21 bits per heavy atom. The molecule has 1 aliphatic carbocycles. The summed E-state index contributed by atoms with van der Waals surface area (Å²) in [5.41, 5.74) is 6.57. The van der Waals surface area contributed by atoms with Gasteiger partial charge in [0.25, 0.3) is 0 Å². The van der Waals surface area contributed by atoms with Crippen molar-refractivity contribution in [3.05, 3.63) is 24.3 Å². The summed E-state index contributed by atoms with van der Waals surface area (Å²) in [6.45, 7) is 2.92. The standard InChI is InChI=1S/C14H19N3O2/c15-11-9-10(11)14(19)17-7-5-16(6-8-17)12-3-1-2-4-13(12)18/h1-4,10-11,18H,5-9,15H2. The van der Waals surface area contributed by atoms with E-state index < -0.39 is 0 Å². The van der Waals surface area contributed by atoms with Gasteiger partial charge in [-0.1, -0.05) is 12.1 Å². The fourth-order valence-corrected chi connectivity index (χ4v) is 2.63. The van der Waals surface area contributed by atoms with E-state index in [1.165, 1.54) is 0 Å². The minimum atomic E-state index is 0.0525. The molecule has 19 heavy (non-hydrogen) atoms. The molecule has 1 saturated carbocycles. The highest BCUT2D eigenvalue weighted by atomic mass is 16.3. The predicted molar refractivity (Wildman–Crippen MR) is 73.0 cm³/mol. The van der Waals surface area contributed by atoms with Crippen molar-refractivity contribution >= 4 is 11.6 Å². The second-order valence-electron chi connectivity index (χ2n) is 5.31. The van der Waals surface area contributed by atoms with Gasteiger partial charge in [0.2, 0.25) is 5.91 Å². The average Bonchev–Trinajstić information content (AvgIpc) is 3.16. The highest BCUT2D eigenvalue weighted by Gasteiger charge is 2.42. The van der Waals surface area contributed by atoms with Crippen molar-refractivity contribution < 1.29 is 9.90 Å². The molecule has 1 saturated heterocycles. The molecule has 3 N–H and O–H groups in total. The van der Waals surface area contributed by atoms with Gasteiger partial charge in [0.1, 0.15) is 5.75 Å². The summed E-state index contributed by atoms with van der Waals surface area (Å²) >= 11 is 0. The molecule has 0 bridgehead atoms. The van der Waals surface area contributed by atoms with Crippen molar-refractivity contribution in [3.8, 4) is 5.75 Å². The third-order valence-electron chi connectivity index (χ3n) is 3.97. The first-order valence-corrected chi connectivity index (χ1v) is 6.74. The molecule has 1 heterocycles. The number of phenols is 1. The van der Waals surface area contributed by atoms with Crippen LogP contribution >= 0.6 is 0 Å². The minimum Gasteiger partial charge on any atom is -0.506 e. The lowest BCUT2D eigenvalue weighted by Crippen LogP contribution is -2.49. The zero-order chi connectivity index (χ0) is 13.4. The Bertz CT molecular complexity index is 483. The lowest BCUT2D eigenvalue weighted by atomic mass is 10.2. The number of rotatable bonds is 2. The first-order valence-electron chi connectivity index (χ1n) is 6.74. The Balaban J connectivity index is 1.60. The molecule has 1 aromatic carbocycles. The molecule has 2 fully saturated rings. The predicted octanol–water partition coefficient (Wildman–Crippen LogP) is 0.388. The topological polar surface area (TPSA) is 69.8 Å². The summed E-state index contributed by atoms with van der Waals surface area (Å²) in [7, 11) is 0. The smallest absolute Gasteiger partial charge is 0.227 e. The van der Waals surface area contributed by atoms with Gasteiger partial charge in [0.05, 0.1) is 11.6 Å². The van der Waals surface area contributed by atoms with Crippen molar-refractivity contribution in [2.45, 2.75) is 12.5 Å². The number of aromatic hydroxyl groups is 1. The molecule has 0 radical (unpaired) electrons. The van der Waals surface area contributed by atoms with Gasteiger partial charge in [-0.25, -0.2) is 0 Å². The van der Waals surface area contributed by atoms with Crippen LogP contribution in [0.4, 0.5) is 5.69 Å². The van der Waals surface area contributed by atoms with Crippen molar-refractivity contribution in [3.63, 3.8) is 0 Å². The Kier molecular flexibility index (Phi) is 3.06. The third kappa shape index (κ3) is 2.38. The van der Waals surface area contributed by atoms with Crippen LogP contribution in [0, 0.1) is 5.92 Å². The van der Waals surface area contributed by atoms with Crippen molar-refractivity contribution in [2.75, 3.05) is 31.1 Å². The Labute approximate surface area is 112 Å². The van der Waals surface area contributed by atoms with Gasteiger partial charge in [0, 0.05) is 32.2 Å². The van der Waals surface area contributed by atoms with Gasteiger partial charge in [0.15, 0.2) is 0 Å². The van der Waals surface area contributed by atoms with Crippen LogP contribution in [0.15, 0.2) is 24.3 Å². The van der Waals surface area contributed by atoms with E-state index in [2.05, 4.69) is 4.90 Å². The van der Waals surface area contributed by atoms with Gasteiger partial charge >= 0.3 is 0 Å². The van der Waals surface area contributed by atoms with E-state index in [9.17, 15) is 9.90 Å². The van der Waals surface area contributed by atoms with E-state index in [0.717, 1.165) is 25.2 Å². The number of carbonyl (C=O) groups excluding carboxylic acids is 1. The lowest BCUT2D eigenvalue weighted by Gasteiger charge is -2.36. The fraction of sp³-hybridized carbons (Fsp3) is 0.500. The molecular weight excluding hydrogens is 242 g/mol. The number of amides is 1. The van der Waals surface area contributed by atoms with Crippen molar-refractivity contribution in [1.29, 1.82) is 0 Å². The average molecular weight is 261 g/mol. The molecule has 5 heteroatoms. The Hall–Kier alpha value is -1.75. The van der Waals surface area contributed by atoms with E-state index in [0.29, 0.717) is 18.8 Å². The zero-order valence-electron chi connectivity index (χ0n) is 10.8. The molecule has 3 rings (SSSR count). The van der Waals surface area contributed by atoms with Crippen molar-refractivity contribution in [1.82, 2.24) is 4.90 Å². The number of para-hydroxylation sites is 2. The number of nitrogens with zero attached hydrogens (tertiary/aromatic N) is 2. The number of anilines is 1. The van der Waals surface area contributed by atoms with Crippen LogP contribution in [0.25, 0.3) is 0 Å². The van der Waals surface area contributed by atoms with Crippen LogP contribution < -0.4 is 10.6 Å². The molecule has 2 unspecified atom stereocenters.